The van der Waals surface area contributed by atoms with Gasteiger partial charge in [-0.15, -0.1) is 65.6 Å². The minimum Gasteiger partial charge on any atom is -0.112 e. The molecule has 0 bridgehead atoms. The Morgan fingerprint density at radius 1 is 0.100 bits per heavy atom. The second-order valence-corrected chi connectivity index (χ2v) is 14.4. The van der Waals surface area contributed by atoms with Crippen molar-refractivity contribution in [1.82, 2.24) is 0 Å². The summed E-state index contributed by atoms with van der Waals surface area (Å²) < 4.78 is 0. The summed E-state index contributed by atoms with van der Waals surface area (Å²) in [6.07, 6.45) is 0. The zero-order valence-corrected chi connectivity index (χ0v) is 31.9. The van der Waals surface area contributed by atoms with Crippen LogP contribution in [0.1, 0.15) is 0 Å². The fourth-order valence-electron chi connectivity index (χ4n) is 8.09. The van der Waals surface area contributed by atoms with Crippen LogP contribution < -0.4 is 131 Å². The predicted molar refractivity (Wildman–Crippen MR) is 285 cm³/mol. The third kappa shape index (κ3) is 5.86. The van der Waals surface area contributed by atoms with Crippen molar-refractivity contribution in [2.75, 3.05) is 0 Å². The lowest BCUT2D eigenvalue weighted by Crippen LogP contribution is -2.56. The van der Waals surface area contributed by atoms with Crippen LogP contribution in [0.25, 0.3) is 65.7 Å². The van der Waals surface area contributed by atoms with Crippen molar-refractivity contribution in [2.24, 2.45) is 0 Å². The molecule has 0 aliphatic heterocycles. The van der Waals surface area contributed by atoms with Crippen LogP contribution in [-0.2, 0) is 0 Å². The van der Waals surface area contributed by atoms with Crippen LogP contribution in [0.15, 0.2) is 0 Å². The lowest BCUT2D eigenvalue weighted by molar-refractivity contribution is 1.84. The van der Waals surface area contributed by atoms with Gasteiger partial charge in [-0.3, -0.25) is 0 Å². The SMILES string of the molecule is [B]c1c([B])c([B])c(-c2c([B])c([B])c(-c3c4c([B])c([B])c([B])c([B])c4c(-c4c([B])c([B])c([B])c([B])c4[B])c4c([B])c([B])c([B])c([B])c34)c3c([B])c([B])c([B])c([B])c23)c([B])c1[B]. The van der Waals surface area contributed by atoms with Crippen LogP contribution in [-0.4, -0.2) is 188 Å². The molecule has 0 atom stereocenters. The molecule has 0 saturated carbocycles. The zero-order valence-electron chi connectivity index (χ0n) is 31.9. The Morgan fingerprint density at radius 2 is 0.217 bits per heavy atom. The van der Waals surface area contributed by atoms with Crippen LogP contribution >= 0.6 is 0 Å². The second-order valence-electron chi connectivity index (χ2n) is 14.4. The fourth-order valence-corrected chi connectivity index (χ4v) is 8.09. The van der Waals surface area contributed by atoms with Gasteiger partial charge in [-0.25, -0.2) is 0 Å². The lowest BCUT2D eigenvalue weighted by Gasteiger charge is -2.33. The lowest BCUT2D eigenvalue weighted by atomic mass is 9.55. The van der Waals surface area contributed by atoms with Gasteiger partial charge in [-0.05, 0) is 65.7 Å². The summed E-state index contributed by atoms with van der Waals surface area (Å²) in [5.41, 5.74) is -3.65. The molecule has 0 saturated heterocycles. The topological polar surface area (TPSA) is 0 Å². The van der Waals surface area contributed by atoms with Crippen molar-refractivity contribution >= 4 is 352 Å². The van der Waals surface area contributed by atoms with E-state index in [4.69, 9.17) is 188 Å². The number of hydrogen-bond acceptors (Lipinski definition) is 0. The summed E-state index contributed by atoms with van der Waals surface area (Å²) in [5.74, 6) is 0. The molecule has 0 spiro atoms. The largest absolute Gasteiger partial charge is 0.113 e. The Hall–Kier alpha value is -3.12. The summed E-state index contributed by atoms with van der Waals surface area (Å²) in [5, 5.41) is 0.0985. The molecule has 24 heteroatoms. The molecule has 0 aliphatic carbocycles. The Morgan fingerprint density at radius 3 is 0.450 bits per heavy atom. The third-order valence-corrected chi connectivity index (χ3v) is 11.5. The van der Waals surface area contributed by atoms with Gasteiger partial charge in [-0.1, -0.05) is 65.6 Å². The van der Waals surface area contributed by atoms with Crippen molar-refractivity contribution < 1.29 is 0 Å². The number of hydrogen-bond donors (Lipinski definition) is 0. The maximum atomic E-state index is 7.17. The molecule has 216 valence electrons. The Kier molecular flexibility index (Phi) is 11.5. The highest BCUT2D eigenvalue weighted by molar-refractivity contribution is 6.76. The molecule has 0 N–H and O–H groups in total. The molecule has 7 aromatic carbocycles. The van der Waals surface area contributed by atoms with E-state index >= 15 is 0 Å². The quantitative estimate of drug-likeness (QED) is 0.128. The molecule has 7 aromatic rings. The predicted octanol–water partition coefficient (Wildman–Crippen LogP) is -18.8. The highest BCUT2D eigenvalue weighted by atomic mass is 14.3. The molecule has 7 rings (SSSR count). The van der Waals surface area contributed by atoms with Crippen molar-refractivity contribution in [1.29, 1.82) is 0 Å². The molecule has 0 amide bonds. The van der Waals surface area contributed by atoms with Gasteiger partial charge in [0.05, 0.1) is 0 Å². The monoisotopic (exact) mass is 696 g/mol. The molecular weight excluding hydrogens is 692 g/mol. The summed E-state index contributed by atoms with van der Waals surface area (Å²) in [6.45, 7) is 0. The fraction of sp³-hybridized carbons (Fsp3) is 0. The van der Waals surface area contributed by atoms with Crippen molar-refractivity contribution in [3.63, 3.8) is 0 Å². The summed E-state index contributed by atoms with van der Waals surface area (Å²) in [7, 11) is 160. The number of fused-ring (bicyclic) bond motifs is 3. The first kappa shape index (κ1) is 44.9. The van der Waals surface area contributed by atoms with Gasteiger partial charge in [0.1, 0.15) is 188 Å². The smallest absolute Gasteiger partial charge is 0.112 e. The van der Waals surface area contributed by atoms with E-state index in [0.29, 0.717) is 0 Å². The Balaban J connectivity index is 1.95. The first-order valence-corrected chi connectivity index (χ1v) is 17.4. The first-order valence-electron chi connectivity index (χ1n) is 17.4. The second kappa shape index (κ2) is 15.3. The molecule has 0 heterocycles. The molecule has 0 unspecified atom stereocenters. The average Bonchev–Trinajstić information content (AvgIpc) is 3.22. The average molecular weight is 692 g/mol. The van der Waals surface area contributed by atoms with Crippen LogP contribution in [0.4, 0.5) is 0 Å². The van der Waals surface area contributed by atoms with Crippen LogP contribution in [0.2, 0.25) is 0 Å². The van der Waals surface area contributed by atoms with E-state index < -0.39 is 0 Å². The van der Waals surface area contributed by atoms with E-state index in [-0.39, 0.29) is 197 Å². The molecule has 0 nitrogen and oxygen atoms in total. The molecule has 48 radical (unpaired) electrons. The summed E-state index contributed by atoms with van der Waals surface area (Å²) in [6, 6.07) is 0. The van der Waals surface area contributed by atoms with Crippen LogP contribution in [0.5, 0.6) is 0 Å². The molecule has 0 aliphatic rings. The Labute approximate surface area is 382 Å². The van der Waals surface area contributed by atoms with Gasteiger partial charge >= 0.3 is 0 Å². The van der Waals surface area contributed by atoms with E-state index in [0.717, 1.165) is 0 Å². The molecule has 60 heavy (non-hydrogen) atoms. The van der Waals surface area contributed by atoms with Gasteiger partial charge < -0.3 is 0 Å². The van der Waals surface area contributed by atoms with Crippen molar-refractivity contribution in [2.45, 2.75) is 0 Å². The van der Waals surface area contributed by atoms with E-state index in [2.05, 4.69) is 0 Å². The van der Waals surface area contributed by atoms with E-state index in [1.807, 2.05) is 0 Å². The van der Waals surface area contributed by atoms with E-state index in [1.54, 1.807) is 0 Å². The van der Waals surface area contributed by atoms with Gasteiger partial charge in [0, 0.05) is 0 Å². The third-order valence-electron chi connectivity index (χ3n) is 11.5. The van der Waals surface area contributed by atoms with Crippen LogP contribution in [0, 0.1) is 0 Å². The van der Waals surface area contributed by atoms with Crippen molar-refractivity contribution in [3.8, 4) is 33.4 Å². The maximum Gasteiger partial charge on any atom is 0.113 e. The standard InChI is InChI=1S/C36B24/c37-13-5(8-9(20(44)30(54)29(53)19(8)43)10(14(13)38)12-23(47)33(57)36(60)34(58)24(12)48)1-3-6(17(41)27(51)25(49)15(3)39)2(7-4(1)16(40)26(50)28(52)18(7)42)11-21(45)31(55)35(59)32(56)22(11)46. The summed E-state index contributed by atoms with van der Waals surface area (Å²) in [4.78, 5) is 0. The van der Waals surface area contributed by atoms with E-state index in [1.165, 1.54) is 0 Å². The van der Waals surface area contributed by atoms with Gasteiger partial charge in [-0.2, -0.15) is 0 Å². The minimum atomic E-state index is -0.224. The highest BCUT2D eigenvalue weighted by Gasteiger charge is 2.30. The normalized spacial score (nSPS) is 11.6. The van der Waals surface area contributed by atoms with Gasteiger partial charge in [0.2, 0.25) is 0 Å². The van der Waals surface area contributed by atoms with Gasteiger partial charge in [0.15, 0.2) is 0 Å². The van der Waals surface area contributed by atoms with Gasteiger partial charge in [0.25, 0.3) is 0 Å². The number of benzene rings is 7. The maximum absolute atomic E-state index is 7.17. The molecular formula is C36B24. The molecule has 0 aromatic heterocycles. The Bertz CT molecular complexity index is 3050. The van der Waals surface area contributed by atoms with Crippen LogP contribution in [0.3, 0.4) is 0 Å². The zero-order chi connectivity index (χ0) is 44.8. The van der Waals surface area contributed by atoms with Crippen molar-refractivity contribution in [3.05, 3.63) is 0 Å². The highest BCUT2D eigenvalue weighted by Crippen LogP contribution is 2.41. The minimum absolute atomic E-state index is 0.00152. The summed E-state index contributed by atoms with van der Waals surface area (Å²) >= 11 is 0. The van der Waals surface area contributed by atoms with E-state index in [9.17, 15) is 0 Å². The number of rotatable bonds is 3. The first-order chi connectivity index (χ1) is 27.9. The molecule has 0 fully saturated rings.